The Morgan fingerprint density at radius 3 is 1.54 bits per heavy atom. The lowest BCUT2D eigenvalue weighted by Crippen LogP contribution is -2.27. The van der Waals surface area contributed by atoms with Crippen molar-refractivity contribution in [3.63, 3.8) is 0 Å². The number of aromatic nitrogens is 1. The van der Waals surface area contributed by atoms with Gasteiger partial charge in [-0.3, -0.25) is 25.0 Å². The van der Waals surface area contributed by atoms with Gasteiger partial charge < -0.3 is 57.7 Å². The minimum absolute atomic E-state index is 0.184. The minimum atomic E-state index is -0.656. The second-order valence-corrected chi connectivity index (χ2v) is 13.1. The van der Waals surface area contributed by atoms with Crippen LogP contribution in [-0.2, 0) is 49.1 Å². The number of nitrogens with one attached hydrogen (secondary N) is 2. The van der Waals surface area contributed by atoms with Crippen molar-refractivity contribution in [1.29, 1.82) is 0 Å². The second kappa shape index (κ2) is 30.0. The highest BCUT2D eigenvalue weighted by Gasteiger charge is 2.19. The van der Waals surface area contributed by atoms with Gasteiger partial charge in [0.2, 0.25) is 0 Å². The molecule has 0 saturated heterocycles. The third-order valence-electron chi connectivity index (χ3n) is 8.60. The van der Waals surface area contributed by atoms with Crippen molar-refractivity contribution in [2.45, 2.75) is 12.8 Å². The van der Waals surface area contributed by atoms with Crippen LogP contribution < -0.4 is 10.1 Å². The number of rotatable bonds is 36. The largest absolute Gasteiger partial charge is 0.457 e. The van der Waals surface area contributed by atoms with Crippen molar-refractivity contribution in [1.82, 2.24) is 10.3 Å². The number of nitrogens with zero attached hydrogens (tertiary/aromatic N) is 2. The van der Waals surface area contributed by atoms with Gasteiger partial charge in [0.15, 0.2) is 0 Å². The fourth-order valence-corrected chi connectivity index (χ4v) is 5.52. The van der Waals surface area contributed by atoms with Crippen molar-refractivity contribution in [2.75, 3.05) is 125 Å². The number of carbonyl (C=O) groups is 1. The highest BCUT2D eigenvalue weighted by molar-refractivity contribution is 5.94. The summed E-state index contributed by atoms with van der Waals surface area (Å²) >= 11 is 0. The Morgan fingerprint density at radius 2 is 1.03 bits per heavy atom. The summed E-state index contributed by atoms with van der Waals surface area (Å²) in [5.74, 6) is 1.19. The van der Waals surface area contributed by atoms with E-state index in [4.69, 9.17) is 47.4 Å². The molecule has 0 spiro atoms. The number of aryl methyl sites for hydroxylation is 1. The summed E-state index contributed by atoms with van der Waals surface area (Å²) in [6, 6.07) is 18.4. The standard InChI is InChI=1S/C42H56N4O15/c47-42(35-4-7-38(8-5-35)61-39-9-10-40-36(32-39)11-12-43-40)44-13-15-53-17-19-55-21-23-57-25-27-59-29-31-60-30-28-58-26-24-56-22-20-54-18-16-52-14-1-2-34-3-6-37(45(48)49)33-41(34)46(50)51/h3-12,32-33,43H,1-2,13-31H2,(H,44,47). The number of amides is 1. The summed E-state index contributed by atoms with van der Waals surface area (Å²) in [7, 11) is 0. The summed E-state index contributed by atoms with van der Waals surface area (Å²) < 4.78 is 55.3. The van der Waals surface area contributed by atoms with Gasteiger partial charge in [-0.1, -0.05) is 0 Å². The topological polar surface area (TPSA) is 223 Å². The molecule has 0 fully saturated rings. The molecular formula is C42H56N4O15. The Balaban J connectivity index is 0.807. The first-order valence-corrected chi connectivity index (χ1v) is 20.2. The van der Waals surface area contributed by atoms with E-state index in [1.807, 2.05) is 30.5 Å². The fraction of sp³-hybridized carbons (Fsp3) is 0.500. The number of aromatic amines is 1. The SMILES string of the molecule is O=C(NCCOCCOCCOCCOCCOCCOCCOCCOCCOCCCc1ccc([N+](=O)[O-])cc1[N+](=O)[O-])c1ccc(Oc2ccc3[nH]ccc3c2)cc1. The van der Waals surface area contributed by atoms with Crippen LogP contribution in [0.1, 0.15) is 22.3 Å². The third-order valence-corrected chi connectivity index (χ3v) is 8.60. The number of non-ortho nitro benzene ring substituents is 1. The molecule has 0 aliphatic carbocycles. The van der Waals surface area contributed by atoms with Gasteiger partial charge in [0.05, 0.1) is 128 Å². The van der Waals surface area contributed by atoms with Gasteiger partial charge in [0.25, 0.3) is 17.3 Å². The monoisotopic (exact) mass is 856 g/mol. The molecule has 19 nitrogen and oxygen atoms in total. The second-order valence-electron chi connectivity index (χ2n) is 13.1. The highest BCUT2D eigenvalue weighted by Crippen LogP contribution is 2.27. The molecule has 0 atom stereocenters. The zero-order valence-corrected chi connectivity index (χ0v) is 34.3. The number of hydrogen-bond acceptors (Lipinski definition) is 15. The molecule has 2 N–H and O–H groups in total. The molecule has 61 heavy (non-hydrogen) atoms. The molecule has 4 rings (SSSR count). The zero-order chi connectivity index (χ0) is 43.2. The lowest BCUT2D eigenvalue weighted by atomic mass is 10.1. The number of carbonyl (C=O) groups excluding carboxylic acids is 1. The van der Waals surface area contributed by atoms with Crippen LogP contribution in [0.25, 0.3) is 10.9 Å². The maximum atomic E-state index is 12.4. The van der Waals surface area contributed by atoms with Crippen LogP contribution in [-0.4, -0.2) is 146 Å². The Hall–Kier alpha value is -5.09. The van der Waals surface area contributed by atoms with Crippen LogP contribution >= 0.6 is 0 Å². The Kier molecular flexibility index (Phi) is 23.9. The molecule has 0 aliphatic heterocycles. The van der Waals surface area contributed by atoms with E-state index in [0.29, 0.717) is 155 Å². The van der Waals surface area contributed by atoms with E-state index < -0.39 is 9.85 Å². The average Bonchev–Trinajstić information content (AvgIpc) is 3.74. The van der Waals surface area contributed by atoms with Gasteiger partial charge in [-0.2, -0.15) is 0 Å². The van der Waals surface area contributed by atoms with Crippen molar-refractivity contribution in [3.8, 4) is 11.5 Å². The van der Waals surface area contributed by atoms with E-state index in [1.54, 1.807) is 24.3 Å². The Morgan fingerprint density at radius 1 is 0.541 bits per heavy atom. The molecule has 0 saturated carbocycles. The molecule has 0 radical (unpaired) electrons. The number of nitro groups is 2. The smallest absolute Gasteiger partial charge is 0.279 e. The lowest BCUT2D eigenvalue weighted by molar-refractivity contribution is -0.394. The van der Waals surface area contributed by atoms with E-state index in [0.717, 1.165) is 22.7 Å². The molecule has 1 heterocycles. The van der Waals surface area contributed by atoms with E-state index in [-0.39, 0.29) is 17.3 Å². The van der Waals surface area contributed by atoms with Gasteiger partial charge >= 0.3 is 0 Å². The van der Waals surface area contributed by atoms with Gasteiger partial charge in [0, 0.05) is 47.4 Å². The van der Waals surface area contributed by atoms with Crippen molar-refractivity contribution < 1.29 is 62.0 Å². The number of fused-ring (bicyclic) bond motifs is 1. The summed E-state index contributed by atoms with van der Waals surface area (Å²) in [6.45, 7) is 7.99. The van der Waals surface area contributed by atoms with Crippen LogP contribution in [0.3, 0.4) is 0 Å². The minimum Gasteiger partial charge on any atom is -0.457 e. The van der Waals surface area contributed by atoms with Crippen molar-refractivity contribution in [3.05, 3.63) is 104 Å². The maximum Gasteiger partial charge on any atom is 0.279 e. The van der Waals surface area contributed by atoms with Crippen LogP contribution in [0.15, 0.2) is 72.9 Å². The molecule has 1 aromatic heterocycles. The highest BCUT2D eigenvalue weighted by atomic mass is 16.6. The molecule has 0 bridgehead atoms. The Bertz CT molecular complexity index is 1840. The molecule has 0 aliphatic rings. The van der Waals surface area contributed by atoms with E-state index >= 15 is 0 Å². The van der Waals surface area contributed by atoms with Gasteiger partial charge in [-0.15, -0.1) is 0 Å². The molecular weight excluding hydrogens is 800 g/mol. The first-order chi connectivity index (χ1) is 29.9. The first-order valence-electron chi connectivity index (χ1n) is 20.2. The van der Waals surface area contributed by atoms with Crippen LogP contribution in [0.2, 0.25) is 0 Å². The molecule has 0 unspecified atom stereocenters. The molecule has 4 aromatic rings. The number of nitro benzene ring substituents is 2. The van der Waals surface area contributed by atoms with Crippen molar-refractivity contribution in [2.24, 2.45) is 0 Å². The number of hydrogen-bond donors (Lipinski definition) is 2. The predicted octanol–water partition coefficient (Wildman–Crippen LogP) is 5.29. The fourth-order valence-electron chi connectivity index (χ4n) is 5.52. The molecule has 334 valence electrons. The lowest BCUT2D eigenvalue weighted by Gasteiger charge is -2.09. The van der Waals surface area contributed by atoms with Crippen LogP contribution in [0, 0.1) is 20.2 Å². The number of H-pyrrole nitrogens is 1. The Labute approximate surface area is 354 Å². The molecule has 19 heteroatoms. The van der Waals surface area contributed by atoms with Gasteiger partial charge in [0.1, 0.15) is 11.5 Å². The van der Waals surface area contributed by atoms with Gasteiger partial charge in [-0.05, 0) is 67.4 Å². The van der Waals surface area contributed by atoms with E-state index in [1.165, 1.54) is 12.1 Å². The number of benzene rings is 3. The summed E-state index contributed by atoms with van der Waals surface area (Å²) in [5.41, 5.74) is 1.44. The van der Waals surface area contributed by atoms with Gasteiger partial charge in [-0.25, -0.2) is 0 Å². The molecule has 1 amide bonds. The van der Waals surface area contributed by atoms with Crippen LogP contribution in [0.4, 0.5) is 11.4 Å². The summed E-state index contributed by atoms with van der Waals surface area (Å²) in [4.78, 5) is 36.4. The molecule has 3 aromatic carbocycles. The van der Waals surface area contributed by atoms with E-state index in [2.05, 4.69) is 10.3 Å². The van der Waals surface area contributed by atoms with Crippen molar-refractivity contribution >= 4 is 28.2 Å². The normalized spacial score (nSPS) is 11.3. The maximum absolute atomic E-state index is 12.4. The zero-order valence-electron chi connectivity index (χ0n) is 34.3. The summed E-state index contributed by atoms with van der Waals surface area (Å²) in [6.07, 6.45) is 2.79. The van der Waals surface area contributed by atoms with E-state index in [9.17, 15) is 25.0 Å². The third kappa shape index (κ3) is 20.4. The first kappa shape index (κ1) is 48.6. The van der Waals surface area contributed by atoms with Crippen LogP contribution in [0.5, 0.6) is 11.5 Å². The summed E-state index contributed by atoms with van der Waals surface area (Å²) in [5, 5.41) is 26.0. The predicted molar refractivity (Wildman–Crippen MR) is 223 cm³/mol. The quantitative estimate of drug-likeness (QED) is 0.0337. The number of ether oxygens (including phenoxy) is 10. The average molecular weight is 857 g/mol.